The topological polar surface area (TPSA) is 128 Å². The van der Waals surface area contributed by atoms with E-state index in [4.69, 9.17) is 16.2 Å². The lowest BCUT2D eigenvalue weighted by atomic mass is 9.90. The number of hydrogen-bond donors (Lipinski definition) is 3. The molecule has 1 aliphatic rings. The Labute approximate surface area is 198 Å². The van der Waals surface area contributed by atoms with Gasteiger partial charge < -0.3 is 26.4 Å². The summed E-state index contributed by atoms with van der Waals surface area (Å²) >= 11 is 1.59. The fraction of sp³-hybridized carbons (Fsp3) is 0.375. The summed E-state index contributed by atoms with van der Waals surface area (Å²) in [6.45, 7) is 0.801. The zero-order valence-electron chi connectivity index (χ0n) is 18.4. The average Bonchev–Trinajstić information content (AvgIpc) is 2.98. The summed E-state index contributed by atoms with van der Waals surface area (Å²) in [5.74, 6) is -2.29. The van der Waals surface area contributed by atoms with Crippen LogP contribution in [0.5, 0.6) is 0 Å². The van der Waals surface area contributed by atoms with Gasteiger partial charge >= 0.3 is 0 Å². The third kappa shape index (κ3) is 6.80. The van der Waals surface area contributed by atoms with E-state index in [2.05, 4.69) is 5.32 Å². The van der Waals surface area contributed by atoms with Crippen LogP contribution < -0.4 is 21.7 Å². The molecular formula is C24H30N4O4S. The van der Waals surface area contributed by atoms with Crippen LogP contribution in [-0.4, -0.2) is 49.7 Å². The predicted molar refractivity (Wildman–Crippen MR) is 128 cm³/mol. The van der Waals surface area contributed by atoms with Crippen LogP contribution in [0.3, 0.4) is 0 Å². The summed E-state index contributed by atoms with van der Waals surface area (Å²) in [5, 5.41) is 2.74. The van der Waals surface area contributed by atoms with E-state index >= 15 is 0 Å². The van der Waals surface area contributed by atoms with E-state index in [0.717, 1.165) is 16.1 Å². The van der Waals surface area contributed by atoms with E-state index in [1.807, 2.05) is 54.6 Å². The SMILES string of the molecule is NCCNC(=O)[C@@H](COCc1ccccc1)C(CN1C(=O)CCSc2ccccc21)C(N)=O. The zero-order chi connectivity index (χ0) is 23.6. The standard InChI is InChI=1S/C24H30N4O4S/c25-11-12-27-24(31)19(16-32-15-17-6-2-1-3-7-17)18(23(26)30)14-28-20-8-4-5-9-21(20)33-13-10-22(28)29/h1-9,18-19H,10-16,25H2,(H2,26,30)(H,27,31)/t18?,19-/m0/s1. The number of carbonyl (C=O) groups is 3. The zero-order valence-corrected chi connectivity index (χ0v) is 19.3. The van der Waals surface area contributed by atoms with E-state index < -0.39 is 17.7 Å². The van der Waals surface area contributed by atoms with Crippen LogP contribution in [0.15, 0.2) is 59.5 Å². The molecule has 2 aromatic carbocycles. The second kappa shape index (κ2) is 12.4. The molecule has 0 saturated carbocycles. The van der Waals surface area contributed by atoms with Crippen molar-refractivity contribution in [2.75, 3.05) is 36.9 Å². The highest BCUT2D eigenvalue weighted by Crippen LogP contribution is 2.35. The van der Waals surface area contributed by atoms with Crippen molar-refractivity contribution in [3.8, 4) is 0 Å². The van der Waals surface area contributed by atoms with Crippen molar-refractivity contribution in [3.63, 3.8) is 0 Å². The summed E-state index contributed by atoms with van der Waals surface area (Å²) in [4.78, 5) is 41.0. The van der Waals surface area contributed by atoms with Gasteiger partial charge in [-0.1, -0.05) is 42.5 Å². The van der Waals surface area contributed by atoms with Crippen molar-refractivity contribution >= 4 is 35.2 Å². The van der Waals surface area contributed by atoms with Gasteiger partial charge in [0.1, 0.15) is 0 Å². The minimum Gasteiger partial charge on any atom is -0.376 e. The van der Waals surface area contributed by atoms with Gasteiger partial charge in [-0.15, -0.1) is 11.8 Å². The van der Waals surface area contributed by atoms with Crippen molar-refractivity contribution in [2.45, 2.75) is 17.9 Å². The maximum Gasteiger partial charge on any atom is 0.227 e. The molecular weight excluding hydrogens is 440 g/mol. The second-order valence-electron chi connectivity index (χ2n) is 7.77. The van der Waals surface area contributed by atoms with Crippen molar-refractivity contribution in [1.29, 1.82) is 0 Å². The number of ether oxygens (including phenoxy) is 1. The molecule has 0 spiro atoms. The van der Waals surface area contributed by atoms with Crippen molar-refractivity contribution < 1.29 is 19.1 Å². The Balaban J connectivity index is 1.82. The molecule has 3 amide bonds. The Bertz CT molecular complexity index is 956. The van der Waals surface area contributed by atoms with Gasteiger partial charge in [0, 0.05) is 36.7 Å². The third-order valence-corrected chi connectivity index (χ3v) is 6.51. The molecule has 0 radical (unpaired) electrons. The summed E-state index contributed by atoms with van der Waals surface area (Å²) < 4.78 is 5.82. The molecule has 3 rings (SSSR count). The summed E-state index contributed by atoms with van der Waals surface area (Å²) in [6, 6.07) is 17.1. The van der Waals surface area contributed by atoms with E-state index in [1.54, 1.807) is 16.7 Å². The minimum absolute atomic E-state index is 0.00114. The van der Waals surface area contributed by atoms with Crippen LogP contribution in [0.4, 0.5) is 5.69 Å². The van der Waals surface area contributed by atoms with Crippen molar-refractivity contribution in [1.82, 2.24) is 5.32 Å². The fourth-order valence-corrected chi connectivity index (χ4v) is 4.71. The molecule has 1 aliphatic heterocycles. The number of hydrogen-bond acceptors (Lipinski definition) is 6. The monoisotopic (exact) mass is 470 g/mol. The summed E-state index contributed by atoms with van der Waals surface area (Å²) in [7, 11) is 0. The maximum absolute atomic E-state index is 13.0. The lowest BCUT2D eigenvalue weighted by Gasteiger charge is -2.30. The molecule has 1 heterocycles. The third-order valence-electron chi connectivity index (χ3n) is 5.45. The van der Waals surface area contributed by atoms with Crippen LogP contribution in [0, 0.1) is 11.8 Å². The Morgan fingerprint density at radius 1 is 1.09 bits per heavy atom. The number of thioether (sulfide) groups is 1. The average molecular weight is 471 g/mol. The maximum atomic E-state index is 13.0. The number of amides is 3. The second-order valence-corrected chi connectivity index (χ2v) is 8.90. The van der Waals surface area contributed by atoms with Crippen molar-refractivity contribution in [2.24, 2.45) is 23.3 Å². The molecule has 5 N–H and O–H groups in total. The van der Waals surface area contributed by atoms with E-state index in [0.29, 0.717) is 12.2 Å². The highest BCUT2D eigenvalue weighted by molar-refractivity contribution is 7.99. The molecule has 0 bridgehead atoms. The van der Waals surface area contributed by atoms with E-state index in [1.165, 1.54) is 0 Å². The number of para-hydroxylation sites is 1. The molecule has 9 heteroatoms. The van der Waals surface area contributed by atoms with Gasteiger partial charge in [0.05, 0.1) is 30.7 Å². The number of nitrogens with two attached hydrogens (primary N) is 2. The molecule has 0 aliphatic carbocycles. The Morgan fingerprint density at radius 3 is 2.55 bits per heavy atom. The van der Waals surface area contributed by atoms with Gasteiger partial charge in [-0.05, 0) is 17.7 Å². The largest absolute Gasteiger partial charge is 0.376 e. The van der Waals surface area contributed by atoms with E-state index in [9.17, 15) is 14.4 Å². The first kappa shape index (κ1) is 24.8. The number of benzene rings is 2. The molecule has 0 aromatic heterocycles. The van der Waals surface area contributed by atoms with E-state index in [-0.39, 0.29) is 44.7 Å². The number of fused-ring (bicyclic) bond motifs is 1. The highest BCUT2D eigenvalue weighted by Gasteiger charge is 2.36. The highest BCUT2D eigenvalue weighted by atomic mass is 32.2. The molecule has 8 nitrogen and oxygen atoms in total. The lowest BCUT2D eigenvalue weighted by Crippen LogP contribution is -2.49. The first-order valence-corrected chi connectivity index (χ1v) is 11.9. The van der Waals surface area contributed by atoms with Gasteiger partial charge in [-0.25, -0.2) is 0 Å². The van der Waals surface area contributed by atoms with Gasteiger partial charge in [0.2, 0.25) is 17.7 Å². The summed E-state index contributed by atoms with van der Waals surface area (Å²) in [5.41, 5.74) is 13.0. The number of carbonyl (C=O) groups excluding carboxylic acids is 3. The van der Waals surface area contributed by atoms with Gasteiger partial charge in [0.15, 0.2) is 0 Å². The van der Waals surface area contributed by atoms with Crippen LogP contribution >= 0.6 is 11.8 Å². The lowest BCUT2D eigenvalue weighted by molar-refractivity contribution is -0.136. The number of nitrogens with one attached hydrogen (secondary N) is 1. The number of primary amides is 1. The first-order valence-electron chi connectivity index (χ1n) is 10.9. The van der Waals surface area contributed by atoms with Gasteiger partial charge in [-0.2, -0.15) is 0 Å². The normalized spacial score (nSPS) is 15.3. The van der Waals surface area contributed by atoms with Crippen molar-refractivity contribution in [3.05, 3.63) is 60.2 Å². The minimum atomic E-state index is -0.932. The van der Waals surface area contributed by atoms with Crippen LogP contribution in [0.25, 0.3) is 0 Å². The van der Waals surface area contributed by atoms with Crippen LogP contribution in [-0.2, 0) is 25.7 Å². The molecule has 2 atom stereocenters. The van der Waals surface area contributed by atoms with Crippen LogP contribution in [0.1, 0.15) is 12.0 Å². The van der Waals surface area contributed by atoms with Crippen LogP contribution in [0.2, 0.25) is 0 Å². The number of rotatable bonds is 11. The van der Waals surface area contributed by atoms with Gasteiger partial charge in [0.25, 0.3) is 0 Å². The summed E-state index contributed by atoms with van der Waals surface area (Å²) in [6.07, 6.45) is 0.333. The smallest absolute Gasteiger partial charge is 0.227 e. The quantitative estimate of drug-likeness (QED) is 0.457. The number of nitrogens with zero attached hydrogens (tertiary/aromatic N) is 1. The number of anilines is 1. The molecule has 1 unspecified atom stereocenters. The predicted octanol–water partition coefficient (Wildman–Crippen LogP) is 1.52. The Morgan fingerprint density at radius 2 is 1.82 bits per heavy atom. The molecule has 33 heavy (non-hydrogen) atoms. The Hall–Kier alpha value is -2.88. The molecule has 0 fully saturated rings. The fourth-order valence-electron chi connectivity index (χ4n) is 3.71. The molecule has 0 saturated heterocycles. The first-order chi connectivity index (χ1) is 16.0. The van der Waals surface area contributed by atoms with Gasteiger partial charge in [-0.3, -0.25) is 14.4 Å². The molecule has 176 valence electrons. The Kier molecular flexibility index (Phi) is 9.29. The molecule has 2 aromatic rings.